The van der Waals surface area contributed by atoms with Crippen LogP contribution in [0, 0.1) is 5.92 Å². The van der Waals surface area contributed by atoms with Crippen LogP contribution in [0.3, 0.4) is 0 Å². The zero-order valence-corrected chi connectivity index (χ0v) is 14.7. The second-order valence-electron chi connectivity index (χ2n) is 6.18. The van der Waals surface area contributed by atoms with Gasteiger partial charge in [0.1, 0.15) is 0 Å². The minimum atomic E-state index is -0.179. The number of hydrogen-bond donors (Lipinski definition) is 1. The SMILES string of the molecule is CCC(CC)C(=O)NCC(C)(C)c1ccc(OC)c(OC)c1. The third kappa shape index (κ3) is 4.39. The molecule has 0 saturated carbocycles. The third-order valence-electron chi connectivity index (χ3n) is 4.23. The van der Waals surface area contributed by atoms with Crippen molar-refractivity contribution in [2.75, 3.05) is 20.8 Å². The first-order chi connectivity index (χ1) is 10.4. The van der Waals surface area contributed by atoms with E-state index in [9.17, 15) is 4.79 Å². The van der Waals surface area contributed by atoms with Gasteiger partial charge in [-0.15, -0.1) is 0 Å². The summed E-state index contributed by atoms with van der Waals surface area (Å²) in [7, 11) is 3.25. The van der Waals surface area contributed by atoms with Gasteiger partial charge in [-0.3, -0.25) is 4.79 Å². The van der Waals surface area contributed by atoms with E-state index in [4.69, 9.17) is 9.47 Å². The monoisotopic (exact) mass is 307 g/mol. The van der Waals surface area contributed by atoms with E-state index >= 15 is 0 Å². The van der Waals surface area contributed by atoms with E-state index in [2.05, 4.69) is 19.2 Å². The summed E-state index contributed by atoms with van der Waals surface area (Å²) in [5.41, 5.74) is 0.927. The minimum absolute atomic E-state index is 0.0983. The van der Waals surface area contributed by atoms with E-state index in [1.165, 1.54) is 0 Å². The molecule has 1 aromatic carbocycles. The lowest BCUT2D eigenvalue weighted by atomic mass is 9.84. The van der Waals surface area contributed by atoms with Crippen LogP contribution in [0.1, 0.15) is 46.1 Å². The molecule has 4 heteroatoms. The molecule has 1 rings (SSSR count). The largest absolute Gasteiger partial charge is 0.493 e. The Morgan fingerprint density at radius 3 is 2.23 bits per heavy atom. The average Bonchev–Trinajstić information content (AvgIpc) is 2.53. The van der Waals surface area contributed by atoms with Crippen LogP contribution in [0.4, 0.5) is 0 Å². The highest BCUT2D eigenvalue weighted by Gasteiger charge is 2.24. The maximum absolute atomic E-state index is 12.2. The summed E-state index contributed by atoms with van der Waals surface area (Å²) in [4.78, 5) is 12.2. The minimum Gasteiger partial charge on any atom is -0.493 e. The summed E-state index contributed by atoms with van der Waals surface area (Å²) < 4.78 is 10.6. The van der Waals surface area contributed by atoms with Crippen molar-refractivity contribution >= 4 is 5.91 Å². The molecule has 0 aliphatic heterocycles. The molecule has 0 atom stereocenters. The van der Waals surface area contributed by atoms with Gasteiger partial charge in [-0.25, -0.2) is 0 Å². The standard InChI is InChI=1S/C18H29NO3/c1-7-13(8-2)17(20)19-12-18(3,4)14-9-10-15(21-5)16(11-14)22-6/h9-11,13H,7-8,12H2,1-6H3,(H,19,20). The molecule has 0 radical (unpaired) electrons. The van der Waals surface area contributed by atoms with E-state index in [1.807, 2.05) is 32.0 Å². The van der Waals surface area contributed by atoms with Crippen LogP contribution in [-0.2, 0) is 10.2 Å². The van der Waals surface area contributed by atoms with E-state index in [0.717, 1.165) is 18.4 Å². The number of amides is 1. The zero-order valence-electron chi connectivity index (χ0n) is 14.7. The van der Waals surface area contributed by atoms with Crippen LogP contribution < -0.4 is 14.8 Å². The summed E-state index contributed by atoms with van der Waals surface area (Å²) in [6.45, 7) is 8.92. The summed E-state index contributed by atoms with van der Waals surface area (Å²) in [6.07, 6.45) is 1.75. The second kappa shape index (κ2) is 8.06. The molecule has 1 aromatic rings. The molecule has 1 N–H and O–H groups in total. The Hall–Kier alpha value is -1.71. The molecule has 0 heterocycles. The topological polar surface area (TPSA) is 47.6 Å². The van der Waals surface area contributed by atoms with Crippen molar-refractivity contribution in [2.24, 2.45) is 5.92 Å². The Bertz CT molecular complexity index is 493. The summed E-state index contributed by atoms with van der Waals surface area (Å²) >= 11 is 0. The van der Waals surface area contributed by atoms with Gasteiger partial charge in [0.15, 0.2) is 11.5 Å². The molecular formula is C18H29NO3. The van der Waals surface area contributed by atoms with Crippen molar-refractivity contribution < 1.29 is 14.3 Å². The molecule has 124 valence electrons. The maximum Gasteiger partial charge on any atom is 0.223 e. The molecule has 1 amide bonds. The van der Waals surface area contributed by atoms with Gasteiger partial charge in [0.05, 0.1) is 14.2 Å². The predicted octanol–water partition coefficient (Wildman–Crippen LogP) is 3.53. The van der Waals surface area contributed by atoms with Crippen LogP contribution in [0.25, 0.3) is 0 Å². The van der Waals surface area contributed by atoms with Gasteiger partial charge < -0.3 is 14.8 Å². The van der Waals surface area contributed by atoms with Gasteiger partial charge in [-0.1, -0.05) is 33.8 Å². The van der Waals surface area contributed by atoms with E-state index in [0.29, 0.717) is 18.0 Å². The van der Waals surface area contributed by atoms with Crippen LogP contribution in [0.15, 0.2) is 18.2 Å². The van der Waals surface area contributed by atoms with Crippen LogP contribution in [-0.4, -0.2) is 26.7 Å². The summed E-state index contributed by atoms with van der Waals surface area (Å²) in [6, 6.07) is 5.89. The first-order valence-electron chi connectivity index (χ1n) is 7.89. The van der Waals surface area contributed by atoms with Crippen molar-refractivity contribution in [1.82, 2.24) is 5.32 Å². The molecule has 0 spiro atoms. The van der Waals surface area contributed by atoms with Crippen molar-refractivity contribution in [3.8, 4) is 11.5 Å². The normalized spacial score (nSPS) is 11.4. The molecular weight excluding hydrogens is 278 g/mol. The number of benzene rings is 1. The van der Waals surface area contributed by atoms with Crippen LogP contribution in [0.2, 0.25) is 0 Å². The first-order valence-corrected chi connectivity index (χ1v) is 7.89. The number of carbonyl (C=O) groups excluding carboxylic acids is 1. The van der Waals surface area contributed by atoms with Gasteiger partial charge in [-0.2, -0.15) is 0 Å². The number of ether oxygens (including phenoxy) is 2. The van der Waals surface area contributed by atoms with Gasteiger partial charge in [-0.05, 0) is 30.5 Å². The Morgan fingerprint density at radius 2 is 1.73 bits per heavy atom. The predicted molar refractivity (Wildman–Crippen MR) is 89.7 cm³/mol. The highest BCUT2D eigenvalue weighted by Crippen LogP contribution is 2.32. The van der Waals surface area contributed by atoms with Crippen molar-refractivity contribution in [3.63, 3.8) is 0 Å². The summed E-state index contributed by atoms with van der Waals surface area (Å²) in [5, 5.41) is 3.08. The molecule has 0 bridgehead atoms. The fourth-order valence-corrected chi connectivity index (χ4v) is 2.47. The van der Waals surface area contributed by atoms with E-state index < -0.39 is 0 Å². The Labute approximate surface area is 134 Å². The van der Waals surface area contributed by atoms with Gasteiger partial charge in [0.25, 0.3) is 0 Å². The molecule has 0 saturated heterocycles. The molecule has 0 aromatic heterocycles. The van der Waals surface area contributed by atoms with Crippen molar-refractivity contribution in [1.29, 1.82) is 0 Å². The number of methoxy groups -OCH3 is 2. The lowest BCUT2D eigenvalue weighted by Crippen LogP contribution is -2.39. The van der Waals surface area contributed by atoms with Gasteiger partial charge in [0, 0.05) is 17.9 Å². The lowest BCUT2D eigenvalue weighted by molar-refractivity contribution is -0.125. The second-order valence-corrected chi connectivity index (χ2v) is 6.18. The maximum atomic E-state index is 12.2. The fraction of sp³-hybridized carbons (Fsp3) is 0.611. The Kier molecular flexibility index (Phi) is 6.72. The third-order valence-corrected chi connectivity index (χ3v) is 4.23. The quantitative estimate of drug-likeness (QED) is 0.799. The Morgan fingerprint density at radius 1 is 1.14 bits per heavy atom. The highest BCUT2D eigenvalue weighted by atomic mass is 16.5. The van der Waals surface area contributed by atoms with Crippen LogP contribution >= 0.6 is 0 Å². The fourth-order valence-electron chi connectivity index (χ4n) is 2.47. The molecule has 22 heavy (non-hydrogen) atoms. The number of rotatable bonds is 8. The van der Waals surface area contributed by atoms with Crippen LogP contribution in [0.5, 0.6) is 11.5 Å². The van der Waals surface area contributed by atoms with E-state index in [1.54, 1.807) is 14.2 Å². The highest BCUT2D eigenvalue weighted by molar-refractivity contribution is 5.78. The van der Waals surface area contributed by atoms with Crippen molar-refractivity contribution in [2.45, 2.75) is 46.0 Å². The molecule has 0 fully saturated rings. The smallest absolute Gasteiger partial charge is 0.223 e. The number of carbonyl (C=O) groups is 1. The summed E-state index contributed by atoms with van der Waals surface area (Å²) in [5.74, 6) is 1.65. The molecule has 0 aliphatic rings. The lowest BCUT2D eigenvalue weighted by Gasteiger charge is -2.27. The number of nitrogens with one attached hydrogen (secondary N) is 1. The first kappa shape index (κ1) is 18.3. The van der Waals surface area contributed by atoms with E-state index in [-0.39, 0.29) is 17.2 Å². The zero-order chi connectivity index (χ0) is 16.8. The van der Waals surface area contributed by atoms with Gasteiger partial charge in [0.2, 0.25) is 5.91 Å². The van der Waals surface area contributed by atoms with Crippen molar-refractivity contribution in [3.05, 3.63) is 23.8 Å². The molecule has 0 unspecified atom stereocenters. The van der Waals surface area contributed by atoms with Gasteiger partial charge >= 0.3 is 0 Å². The molecule has 0 aliphatic carbocycles. The average molecular weight is 307 g/mol. The Balaban J connectivity index is 2.83. The number of hydrogen-bond acceptors (Lipinski definition) is 3. The molecule has 4 nitrogen and oxygen atoms in total.